The third kappa shape index (κ3) is 5.00. The molecule has 9 heteroatoms. The van der Waals surface area contributed by atoms with E-state index in [4.69, 9.17) is 4.74 Å². The zero-order valence-electron chi connectivity index (χ0n) is 15.0. The van der Waals surface area contributed by atoms with E-state index in [9.17, 15) is 23.1 Å². The number of rotatable bonds is 5. The van der Waals surface area contributed by atoms with E-state index in [0.717, 1.165) is 17.0 Å². The van der Waals surface area contributed by atoms with Crippen LogP contribution in [0.25, 0.3) is 0 Å². The molecule has 29 heavy (non-hydrogen) atoms. The van der Waals surface area contributed by atoms with Gasteiger partial charge < -0.3 is 15.2 Å². The third-order valence-corrected chi connectivity index (χ3v) is 4.87. The number of hydrogen-bond donors (Lipinski definition) is 2. The van der Waals surface area contributed by atoms with Crippen LogP contribution in [0.3, 0.4) is 0 Å². The second kappa shape index (κ2) is 8.44. The van der Waals surface area contributed by atoms with E-state index in [2.05, 4.69) is 10.3 Å². The van der Waals surface area contributed by atoms with Gasteiger partial charge in [0.2, 0.25) is 0 Å². The number of aromatic nitrogens is 1. The average molecular weight is 420 g/mol. The first-order valence-electron chi connectivity index (χ1n) is 8.26. The van der Waals surface area contributed by atoms with Crippen LogP contribution in [0.4, 0.5) is 18.9 Å². The number of ether oxygens (including phenoxy) is 1. The summed E-state index contributed by atoms with van der Waals surface area (Å²) in [6.45, 7) is 0. The van der Waals surface area contributed by atoms with Crippen molar-refractivity contribution in [3.8, 4) is 11.5 Å². The summed E-state index contributed by atoms with van der Waals surface area (Å²) in [5.74, 6) is -0.833. The van der Waals surface area contributed by atoms with E-state index < -0.39 is 17.6 Å². The molecule has 2 aromatic carbocycles. The lowest BCUT2D eigenvalue weighted by molar-refractivity contribution is -0.137. The standard InChI is InChI=1S/C20H15F3N2O3S/c1-28-16-10-11-24-17(18(16)26)19(27)25-13-4-8-15(9-5-13)29-14-6-2-12(3-7-14)20(21,22)23/h2-11,26H,1H3,(H,25,27). The van der Waals surface area contributed by atoms with Crippen LogP contribution in [-0.2, 0) is 6.18 Å². The maximum Gasteiger partial charge on any atom is 0.416 e. The minimum atomic E-state index is -4.37. The zero-order valence-corrected chi connectivity index (χ0v) is 15.8. The quantitative estimate of drug-likeness (QED) is 0.592. The van der Waals surface area contributed by atoms with Gasteiger partial charge in [-0.05, 0) is 48.5 Å². The van der Waals surface area contributed by atoms with Gasteiger partial charge in [0.15, 0.2) is 17.2 Å². The van der Waals surface area contributed by atoms with Crippen molar-refractivity contribution in [2.45, 2.75) is 16.0 Å². The first-order chi connectivity index (χ1) is 13.8. The molecule has 0 aliphatic heterocycles. The number of hydrogen-bond acceptors (Lipinski definition) is 5. The fraction of sp³-hybridized carbons (Fsp3) is 0.100. The van der Waals surface area contributed by atoms with Gasteiger partial charge in [0.05, 0.1) is 12.7 Å². The number of carbonyl (C=O) groups is 1. The largest absolute Gasteiger partial charge is 0.503 e. The molecule has 0 atom stereocenters. The summed E-state index contributed by atoms with van der Waals surface area (Å²) < 4.78 is 42.8. The Labute approximate surface area is 168 Å². The highest BCUT2D eigenvalue weighted by Gasteiger charge is 2.29. The van der Waals surface area contributed by atoms with Gasteiger partial charge in [0.25, 0.3) is 5.91 Å². The number of alkyl halides is 3. The molecule has 0 aliphatic rings. The molecular weight excluding hydrogens is 405 g/mol. The van der Waals surface area contributed by atoms with Crippen LogP contribution in [0, 0.1) is 0 Å². The van der Waals surface area contributed by atoms with Crippen LogP contribution in [0.1, 0.15) is 16.1 Å². The van der Waals surface area contributed by atoms with Crippen LogP contribution in [0.15, 0.2) is 70.6 Å². The van der Waals surface area contributed by atoms with E-state index in [-0.39, 0.29) is 17.2 Å². The zero-order chi connectivity index (χ0) is 21.0. The van der Waals surface area contributed by atoms with Crippen molar-refractivity contribution in [3.05, 3.63) is 72.1 Å². The molecular formula is C20H15F3N2O3S. The maximum absolute atomic E-state index is 12.6. The van der Waals surface area contributed by atoms with Gasteiger partial charge in [0, 0.05) is 27.7 Å². The summed E-state index contributed by atoms with van der Waals surface area (Å²) in [5, 5.41) is 12.6. The molecule has 0 spiro atoms. The Balaban J connectivity index is 1.67. The Morgan fingerprint density at radius 2 is 1.62 bits per heavy atom. The third-order valence-electron chi connectivity index (χ3n) is 3.85. The first-order valence-corrected chi connectivity index (χ1v) is 9.08. The van der Waals surface area contributed by atoms with Gasteiger partial charge in [-0.3, -0.25) is 4.79 Å². The summed E-state index contributed by atoms with van der Waals surface area (Å²) >= 11 is 1.29. The van der Waals surface area contributed by atoms with Crippen molar-refractivity contribution < 1.29 is 27.8 Å². The van der Waals surface area contributed by atoms with Crippen molar-refractivity contribution in [1.82, 2.24) is 4.98 Å². The predicted octanol–water partition coefficient (Wildman–Crippen LogP) is 5.22. The van der Waals surface area contributed by atoms with Crippen LogP contribution in [0.5, 0.6) is 11.5 Å². The fourth-order valence-corrected chi connectivity index (χ4v) is 3.23. The average Bonchev–Trinajstić information content (AvgIpc) is 2.69. The lowest BCUT2D eigenvalue weighted by Crippen LogP contribution is -2.14. The van der Waals surface area contributed by atoms with E-state index in [1.807, 2.05) is 0 Å². The highest BCUT2D eigenvalue weighted by molar-refractivity contribution is 7.99. The Morgan fingerprint density at radius 1 is 1.03 bits per heavy atom. The highest BCUT2D eigenvalue weighted by Crippen LogP contribution is 2.33. The van der Waals surface area contributed by atoms with Gasteiger partial charge in [-0.2, -0.15) is 13.2 Å². The van der Waals surface area contributed by atoms with Crippen molar-refractivity contribution in [1.29, 1.82) is 0 Å². The lowest BCUT2D eigenvalue weighted by Gasteiger charge is -2.09. The van der Waals surface area contributed by atoms with Crippen LogP contribution in [0.2, 0.25) is 0 Å². The Morgan fingerprint density at radius 3 is 2.17 bits per heavy atom. The molecule has 0 saturated heterocycles. The van der Waals surface area contributed by atoms with Gasteiger partial charge in [-0.1, -0.05) is 11.8 Å². The van der Waals surface area contributed by atoms with Crippen molar-refractivity contribution in [2.75, 3.05) is 12.4 Å². The molecule has 1 aromatic heterocycles. The smallest absolute Gasteiger partial charge is 0.416 e. The minimum absolute atomic E-state index is 0.133. The maximum atomic E-state index is 12.6. The Hall–Kier alpha value is -3.20. The molecule has 5 nitrogen and oxygen atoms in total. The number of aromatic hydroxyl groups is 1. The number of methoxy groups -OCH3 is 1. The lowest BCUT2D eigenvalue weighted by atomic mass is 10.2. The topological polar surface area (TPSA) is 71.5 Å². The summed E-state index contributed by atoms with van der Waals surface area (Å²) in [4.78, 5) is 17.6. The molecule has 0 bridgehead atoms. The Bertz CT molecular complexity index is 1010. The highest BCUT2D eigenvalue weighted by atomic mass is 32.2. The molecule has 0 fully saturated rings. The number of nitrogens with one attached hydrogen (secondary N) is 1. The summed E-state index contributed by atoms with van der Waals surface area (Å²) in [6.07, 6.45) is -3.02. The normalized spacial score (nSPS) is 11.2. The van der Waals surface area contributed by atoms with Gasteiger partial charge in [-0.25, -0.2) is 4.98 Å². The second-order valence-corrected chi connectivity index (χ2v) is 6.96. The van der Waals surface area contributed by atoms with E-state index >= 15 is 0 Å². The van der Waals surface area contributed by atoms with E-state index in [1.165, 1.54) is 43.3 Å². The predicted molar refractivity (Wildman–Crippen MR) is 102 cm³/mol. The molecule has 0 radical (unpaired) electrons. The summed E-state index contributed by atoms with van der Waals surface area (Å²) in [6, 6.07) is 13.0. The minimum Gasteiger partial charge on any atom is -0.503 e. The van der Waals surface area contributed by atoms with Gasteiger partial charge in [-0.15, -0.1) is 0 Å². The van der Waals surface area contributed by atoms with Crippen LogP contribution in [-0.4, -0.2) is 23.1 Å². The SMILES string of the molecule is COc1ccnc(C(=O)Nc2ccc(Sc3ccc(C(F)(F)F)cc3)cc2)c1O. The molecule has 0 saturated carbocycles. The molecule has 1 heterocycles. The molecule has 2 N–H and O–H groups in total. The number of anilines is 1. The number of halogens is 3. The van der Waals surface area contributed by atoms with Crippen molar-refractivity contribution in [2.24, 2.45) is 0 Å². The number of amides is 1. The number of pyridine rings is 1. The summed E-state index contributed by atoms with van der Waals surface area (Å²) in [5.41, 5.74) is -0.405. The Kier molecular flexibility index (Phi) is 5.97. The van der Waals surface area contributed by atoms with E-state index in [0.29, 0.717) is 10.6 Å². The first kappa shape index (κ1) is 20.5. The monoisotopic (exact) mass is 420 g/mol. The second-order valence-electron chi connectivity index (χ2n) is 5.81. The molecule has 0 unspecified atom stereocenters. The number of nitrogens with zero attached hydrogens (tertiary/aromatic N) is 1. The van der Waals surface area contributed by atoms with Crippen LogP contribution < -0.4 is 10.1 Å². The molecule has 150 valence electrons. The fourth-order valence-electron chi connectivity index (χ4n) is 2.41. The van der Waals surface area contributed by atoms with Crippen molar-refractivity contribution >= 4 is 23.4 Å². The number of carbonyl (C=O) groups excluding carboxylic acids is 1. The van der Waals surface area contributed by atoms with Gasteiger partial charge >= 0.3 is 6.18 Å². The molecule has 1 amide bonds. The number of benzene rings is 2. The summed E-state index contributed by atoms with van der Waals surface area (Å²) in [7, 11) is 1.36. The molecule has 3 aromatic rings. The van der Waals surface area contributed by atoms with Crippen molar-refractivity contribution in [3.63, 3.8) is 0 Å². The molecule has 3 rings (SSSR count). The van der Waals surface area contributed by atoms with Crippen LogP contribution >= 0.6 is 11.8 Å². The van der Waals surface area contributed by atoms with E-state index in [1.54, 1.807) is 24.3 Å². The van der Waals surface area contributed by atoms with Gasteiger partial charge in [0.1, 0.15) is 0 Å². The molecule has 0 aliphatic carbocycles.